The highest BCUT2D eigenvalue weighted by Gasteiger charge is 2.27. The van der Waals surface area contributed by atoms with E-state index in [9.17, 15) is 9.18 Å². The van der Waals surface area contributed by atoms with E-state index in [2.05, 4.69) is 10.3 Å². The van der Waals surface area contributed by atoms with Crippen molar-refractivity contribution in [1.82, 2.24) is 19.8 Å². The van der Waals surface area contributed by atoms with Crippen LogP contribution in [-0.2, 0) is 13.1 Å². The summed E-state index contributed by atoms with van der Waals surface area (Å²) in [6.45, 7) is 2.58. The molecule has 0 aliphatic rings. The van der Waals surface area contributed by atoms with Crippen molar-refractivity contribution in [1.29, 1.82) is 0 Å². The summed E-state index contributed by atoms with van der Waals surface area (Å²) in [4.78, 5) is 14.7. The smallest absolute Gasteiger partial charge is 0.259 e. The van der Waals surface area contributed by atoms with E-state index in [4.69, 9.17) is 16.1 Å². The summed E-state index contributed by atoms with van der Waals surface area (Å²) in [5, 5.41) is 8.44. The van der Waals surface area contributed by atoms with Crippen molar-refractivity contribution in [2.75, 3.05) is 7.05 Å². The lowest BCUT2D eigenvalue weighted by molar-refractivity contribution is 0.0784. The monoisotopic (exact) mass is 438 g/mol. The van der Waals surface area contributed by atoms with E-state index >= 15 is 0 Å². The molecule has 0 spiro atoms. The second kappa shape index (κ2) is 8.73. The lowest BCUT2D eigenvalue weighted by Gasteiger charge is -2.16. The van der Waals surface area contributed by atoms with Gasteiger partial charge in [0.05, 0.1) is 23.3 Å². The van der Waals surface area contributed by atoms with Crippen molar-refractivity contribution in [2.45, 2.75) is 20.0 Å². The van der Waals surface area contributed by atoms with E-state index in [1.54, 1.807) is 26.2 Å². The molecular weight excluding hydrogens is 419 g/mol. The molecule has 0 radical (unpaired) electrons. The van der Waals surface area contributed by atoms with Crippen LogP contribution < -0.4 is 0 Å². The van der Waals surface area contributed by atoms with Gasteiger partial charge in [0.15, 0.2) is 0 Å². The Balaban J connectivity index is 1.54. The van der Waals surface area contributed by atoms with Crippen molar-refractivity contribution in [3.63, 3.8) is 0 Å². The van der Waals surface area contributed by atoms with Gasteiger partial charge in [-0.2, -0.15) is 5.10 Å². The lowest BCUT2D eigenvalue weighted by Crippen LogP contribution is -2.26. The van der Waals surface area contributed by atoms with Crippen LogP contribution in [0, 0.1) is 12.7 Å². The molecule has 0 bridgehead atoms. The molecule has 2 heterocycles. The van der Waals surface area contributed by atoms with E-state index in [-0.39, 0.29) is 27.8 Å². The molecule has 0 aliphatic heterocycles. The number of halogens is 2. The number of aryl methyl sites for hydroxylation is 1. The highest BCUT2D eigenvalue weighted by molar-refractivity contribution is 6.33. The molecule has 31 heavy (non-hydrogen) atoms. The SMILES string of the molecule is Cc1onc(-c2c(F)cccc2Cl)c1C(=O)N(C)Cc1cnn(Cc2ccccc2)c1. The molecule has 6 nitrogen and oxygen atoms in total. The quantitative estimate of drug-likeness (QED) is 0.427. The predicted octanol–water partition coefficient (Wildman–Crippen LogP) is 4.96. The summed E-state index contributed by atoms with van der Waals surface area (Å²) in [7, 11) is 1.66. The topological polar surface area (TPSA) is 64.2 Å². The minimum Gasteiger partial charge on any atom is -0.360 e. The van der Waals surface area contributed by atoms with E-state index < -0.39 is 5.82 Å². The first-order valence-electron chi connectivity index (χ1n) is 9.65. The maximum absolute atomic E-state index is 14.4. The van der Waals surface area contributed by atoms with Gasteiger partial charge in [0.25, 0.3) is 5.91 Å². The van der Waals surface area contributed by atoms with Gasteiger partial charge in [-0.05, 0) is 24.6 Å². The zero-order valence-electron chi connectivity index (χ0n) is 17.0. The van der Waals surface area contributed by atoms with Crippen LogP contribution in [0.5, 0.6) is 0 Å². The molecule has 2 aromatic heterocycles. The van der Waals surface area contributed by atoms with Gasteiger partial charge in [0.2, 0.25) is 0 Å². The van der Waals surface area contributed by atoms with Crippen molar-refractivity contribution < 1.29 is 13.7 Å². The van der Waals surface area contributed by atoms with E-state index in [1.807, 2.05) is 41.2 Å². The highest BCUT2D eigenvalue weighted by Crippen LogP contribution is 2.34. The fourth-order valence-corrected chi connectivity index (χ4v) is 3.65. The standard InChI is InChI=1S/C23H20ClFN4O2/c1-15-20(22(27-31-15)21-18(24)9-6-10-19(21)25)23(30)28(2)12-17-11-26-29(14-17)13-16-7-4-3-5-8-16/h3-11,14H,12-13H2,1-2H3. The molecule has 0 fully saturated rings. The number of carbonyl (C=O) groups is 1. The van der Waals surface area contributed by atoms with E-state index in [1.165, 1.54) is 17.0 Å². The third-order valence-corrected chi connectivity index (χ3v) is 5.23. The fraction of sp³-hybridized carbons (Fsp3) is 0.174. The first-order chi connectivity index (χ1) is 14.9. The molecule has 0 aliphatic carbocycles. The van der Waals surface area contributed by atoms with Crippen LogP contribution in [0.1, 0.15) is 27.2 Å². The molecule has 1 amide bonds. The zero-order chi connectivity index (χ0) is 22.0. The average molecular weight is 439 g/mol. The minimum absolute atomic E-state index is 0.0495. The van der Waals surface area contributed by atoms with Crippen LogP contribution in [-0.4, -0.2) is 32.8 Å². The molecule has 0 unspecified atom stereocenters. The number of benzene rings is 2. The van der Waals surface area contributed by atoms with Gasteiger partial charge in [-0.15, -0.1) is 0 Å². The Kier molecular flexibility index (Phi) is 5.86. The lowest BCUT2D eigenvalue weighted by atomic mass is 10.0. The van der Waals surface area contributed by atoms with Crippen LogP contribution in [0.25, 0.3) is 11.3 Å². The van der Waals surface area contributed by atoms with Crippen molar-refractivity contribution in [2.24, 2.45) is 0 Å². The van der Waals surface area contributed by atoms with Gasteiger partial charge in [-0.1, -0.05) is 53.2 Å². The Hall–Kier alpha value is -3.45. The Morgan fingerprint density at radius 3 is 2.68 bits per heavy atom. The summed E-state index contributed by atoms with van der Waals surface area (Å²) >= 11 is 6.17. The zero-order valence-corrected chi connectivity index (χ0v) is 17.8. The number of amides is 1. The van der Waals surface area contributed by atoms with E-state index in [0.29, 0.717) is 18.8 Å². The molecule has 158 valence electrons. The third-order valence-electron chi connectivity index (χ3n) is 4.92. The molecule has 0 saturated carbocycles. The van der Waals surface area contributed by atoms with Crippen molar-refractivity contribution in [3.05, 3.63) is 94.2 Å². The summed E-state index contributed by atoms with van der Waals surface area (Å²) in [5.41, 5.74) is 2.33. The van der Waals surface area contributed by atoms with E-state index in [0.717, 1.165) is 11.1 Å². The van der Waals surface area contributed by atoms with Crippen LogP contribution in [0.3, 0.4) is 0 Å². The van der Waals surface area contributed by atoms with Gasteiger partial charge in [0, 0.05) is 25.4 Å². The van der Waals surface area contributed by atoms with Crippen LogP contribution in [0.4, 0.5) is 4.39 Å². The first-order valence-corrected chi connectivity index (χ1v) is 10.0. The van der Waals surface area contributed by atoms with Gasteiger partial charge in [-0.25, -0.2) is 4.39 Å². The molecule has 2 aromatic carbocycles. The number of nitrogens with zero attached hydrogens (tertiary/aromatic N) is 4. The second-order valence-corrected chi connectivity index (χ2v) is 7.66. The summed E-state index contributed by atoms with van der Waals surface area (Å²) in [6, 6.07) is 14.3. The van der Waals surface area contributed by atoms with Crippen molar-refractivity contribution >= 4 is 17.5 Å². The Morgan fingerprint density at radius 2 is 1.94 bits per heavy atom. The van der Waals surface area contributed by atoms with Gasteiger partial charge < -0.3 is 9.42 Å². The molecule has 4 rings (SSSR count). The van der Waals surface area contributed by atoms with Crippen LogP contribution in [0.15, 0.2) is 65.4 Å². The number of aromatic nitrogens is 3. The van der Waals surface area contributed by atoms with Gasteiger partial charge in [0.1, 0.15) is 22.8 Å². The molecule has 0 saturated heterocycles. The molecule has 0 atom stereocenters. The minimum atomic E-state index is -0.570. The molecule has 4 aromatic rings. The third kappa shape index (κ3) is 4.36. The second-order valence-electron chi connectivity index (χ2n) is 7.25. The van der Waals surface area contributed by atoms with Crippen LogP contribution >= 0.6 is 11.6 Å². The Morgan fingerprint density at radius 1 is 1.16 bits per heavy atom. The molecular formula is C23H20ClFN4O2. The Labute approximate surface area is 183 Å². The van der Waals surface area contributed by atoms with Crippen molar-refractivity contribution in [3.8, 4) is 11.3 Å². The maximum atomic E-state index is 14.4. The number of hydrogen-bond donors (Lipinski definition) is 0. The average Bonchev–Trinajstić information content (AvgIpc) is 3.34. The summed E-state index contributed by atoms with van der Waals surface area (Å²) < 4.78 is 21.4. The highest BCUT2D eigenvalue weighted by atomic mass is 35.5. The summed E-state index contributed by atoms with van der Waals surface area (Å²) in [5.74, 6) is -0.616. The van der Waals surface area contributed by atoms with Crippen LogP contribution in [0.2, 0.25) is 5.02 Å². The Bertz CT molecular complexity index is 1200. The molecule has 8 heteroatoms. The van der Waals surface area contributed by atoms with Gasteiger partial charge >= 0.3 is 0 Å². The number of carbonyl (C=O) groups excluding carboxylic acids is 1. The maximum Gasteiger partial charge on any atom is 0.259 e. The fourth-order valence-electron chi connectivity index (χ4n) is 3.40. The summed E-state index contributed by atoms with van der Waals surface area (Å²) in [6.07, 6.45) is 3.62. The predicted molar refractivity (Wildman–Crippen MR) is 115 cm³/mol. The molecule has 0 N–H and O–H groups in total. The normalized spacial score (nSPS) is 11.0. The largest absolute Gasteiger partial charge is 0.360 e. The first kappa shape index (κ1) is 20.8. The number of rotatable bonds is 6. The van der Waals surface area contributed by atoms with Gasteiger partial charge in [-0.3, -0.25) is 9.48 Å². The number of hydrogen-bond acceptors (Lipinski definition) is 4.